The summed E-state index contributed by atoms with van der Waals surface area (Å²) in [5.41, 5.74) is 2.13. The van der Waals surface area contributed by atoms with Crippen LogP contribution in [0.4, 0.5) is 4.39 Å². The molecule has 1 heterocycles. The van der Waals surface area contributed by atoms with Crippen LogP contribution in [0.25, 0.3) is 0 Å². The first-order valence-electron chi connectivity index (χ1n) is 12.5. The maximum Gasteiger partial charge on any atom is 0.261 e. The average Bonchev–Trinajstić information content (AvgIpc) is 3.45. The van der Waals surface area contributed by atoms with Crippen LogP contribution in [0.3, 0.4) is 0 Å². The summed E-state index contributed by atoms with van der Waals surface area (Å²) in [5, 5.41) is 2.96. The number of para-hydroxylation sites is 1. The van der Waals surface area contributed by atoms with Crippen LogP contribution in [-0.4, -0.2) is 30.1 Å². The van der Waals surface area contributed by atoms with Gasteiger partial charge in [-0.25, -0.2) is 4.39 Å². The van der Waals surface area contributed by atoms with Gasteiger partial charge in [-0.2, -0.15) is 0 Å². The highest BCUT2D eigenvalue weighted by molar-refractivity contribution is 5.89. The minimum atomic E-state index is -0.961. The quantitative estimate of drug-likeness (QED) is 0.314. The molecule has 0 fully saturated rings. The first-order valence-corrected chi connectivity index (χ1v) is 12.5. The zero-order chi connectivity index (χ0) is 27.0. The van der Waals surface area contributed by atoms with Crippen LogP contribution in [0, 0.1) is 5.82 Å². The maximum atomic E-state index is 13.8. The van der Waals surface area contributed by atoms with E-state index in [4.69, 9.17) is 14.2 Å². The lowest BCUT2D eigenvalue weighted by Crippen LogP contribution is -2.45. The van der Waals surface area contributed by atoms with Gasteiger partial charge in [-0.3, -0.25) is 9.59 Å². The molecule has 0 saturated carbocycles. The standard InChI is InChI=1S/C31H27FN2O5/c32-25-14-11-22(12-15-25)19-34(29(35)20-37-26-9-5-2-6-10-26)30(24-7-3-1-4-8-24)31(36)33-18-23-13-16-27-28(17-23)39-21-38-27/h1-17,30H,18-21H2,(H,33,36)/t30-/m0/s1. The minimum absolute atomic E-state index is 0.0776. The van der Waals surface area contributed by atoms with E-state index < -0.39 is 11.9 Å². The summed E-state index contributed by atoms with van der Waals surface area (Å²) in [7, 11) is 0. The molecule has 2 amide bonds. The lowest BCUT2D eigenvalue weighted by molar-refractivity contribution is -0.143. The van der Waals surface area contributed by atoms with Gasteiger partial charge in [-0.05, 0) is 53.1 Å². The molecule has 1 atom stereocenters. The molecule has 0 unspecified atom stereocenters. The number of fused-ring (bicyclic) bond motifs is 1. The fourth-order valence-electron chi connectivity index (χ4n) is 4.30. The highest BCUT2D eigenvalue weighted by Gasteiger charge is 2.32. The molecule has 0 aliphatic carbocycles. The lowest BCUT2D eigenvalue weighted by atomic mass is 10.0. The number of benzene rings is 4. The van der Waals surface area contributed by atoms with E-state index in [0.717, 1.165) is 5.56 Å². The highest BCUT2D eigenvalue weighted by atomic mass is 19.1. The smallest absolute Gasteiger partial charge is 0.261 e. The molecule has 0 radical (unpaired) electrons. The molecular weight excluding hydrogens is 499 g/mol. The topological polar surface area (TPSA) is 77.1 Å². The summed E-state index contributed by atoms with van der Waals surface area (Å²) in [6, 6.07) is 28.4. The third kappa shape index (κ3) is 6.54. The van der Waals surface area contributed by atoms with Crippen LogP contribution in [0.15, 0.2) is 103 Å². The fourth-order valence-corrected chi connectivity index (χ4v) is 4.30. The number of rotatable bonds is 10. The van der Waals surface area contributed by atoms with Crippen LogP contribution in [0.1, 0.15) is 22.7 Å². The Morgan fingerprint density at radius 1 is 0.846 bits per heavy atom. The number of ether oxygens (including phenoxy) is 3. The number of carbonyl (C=O) groups excluding carboxylic acids is 2. The van der Waals surface area contributed by atoms with Crippen molar-refractivity contribution in [3.63, 3.8) is 0 Å². The first-order chi connectivity index (χ1) is 19.1. The minimum Gasteiger partial charge on any atom is -0.484 e. The Kier molecular flexibility index (Phi) is 8.02. The van der Waals surface area contributed by atoms with Crippen LogP contribution in [-0.2, 0) is 22.7 Å². The Morgan fingerprint density at radius 3 is 2.26 bits per heavy atom. The molecule has 0 saturated heterocycles. The second-order valence-electron chi connectivity index (χ2n) is 8.97. The summed E-state index contributed by atoms with van der Waals surface area (Å²) in [4.78, 5) is 28.8. The predicted molar refractivity (Wildman–Crippen MR) is 142 cm³/mol. The van der Waals surface area contributed by atoms with E-state index in [0.29, 0.717) is 28.4 Å². The van der Waals surface area contributed by atoms with E-state index in [2.05, 4.69) is 5.32 Å². The van der Waals surface area contributed by atoms with Crippen molar-refractivity contribution in [2.24, 2.45) is 0 Å². The van der Waals surface area contributed by atoms with E-state index in [1.54, 1.807) is 42.5 Å². The number of hydrogen-bond acceptors (Lipinski definition) is 5. The Hall–Kier alpha value is -4.85. The molecule has 8 heteroatoms. The highest BCUT2D eigenvalue weighted by Crippen LogP contribution is 2.32. The molecule has 39 heavy (non-hydrogen) atoms. The number of nitrogens with zero attached hydrogens (tertiary/aromatic N) is 1. The maximum absolute atomic E-state index is 13.8. The van der Waals surface area contributed by atoms with Gasteiger partial charge in [0.25, 0.3) is 5.91 Å². The lowest BCUT2D eigenvalue weighted by Gasteiger charge is -2.31. The summed E-state index contributed by atoms with van der Waals surface area (Å²) in [5.74, 6) is 0.666. The molecule has 5 rings (SSSR count). The summed E-state index contributed by atoms with van der Waals surface area (Å²) < 4.78 is 30.1. The molecular formula is C31H27FN2O5. The molecule has 4 aromatic carbocycles. The van der Waals surface area contributed by atoms with Crippen molar-refractivity contribution in [2.45, 2.75) is 19.1 Å². The zero-order valence-electron chi connectivity index (χ0n) is 21.1. The first kappa shape index (κ1) is 25.8. The number of hydrogen-bond donors (Lipinski definition) is 1. The van der Waals surface area contributed by atoms with Crippen molar-refractivity contribution in [1.82, 2.24) is 10.2 Å². The van der Waals surface area contributed by atoms with Gasteiger partial charge in [-0.15, -0.1) is 0 Å². The van der Waals surface area contributed by atoms with Crippen LogP contribution >= 0.6 is 0 Å². The SMILES string of the molecule is O=C(NCc1ccc2c(c1)OCO2)[C@H](c1ccccc1)N(Cc1ccc(F)cc1)C(=O)COc1ccccc1. The molecule has 198 valence electrons. The molecule has 1 aliphatic heterocycles. The fraction of sp³-hybridized carbons (Fsp3) is 0.161. The second-order valence-corrected chi connectivity index (χ2v) is 8.97. The van der Waals surface area contributed by atoms with Crippen molar-refractivity contribution in [2.75, 3.05) is 13.4 Å². The van der Waals surface area contributed by atoms with Crippen LogP contribution in [0.2, 0.25) is 0 Å². The van der Waals surface area contributed by atoms with E-state index in [1.807, 2.05) is 48.5 Å². The van der Waals surface area contributed by atoms with E-state index in [-0.39, 0.29) is 38.2 Å². The third-order valence-electron chi connectivity index (χ3n) is 6.27. The van der Waals surface area contributed by atoms with Gasteiger partial charge in [0.1, 0.15) is 17.6 Å². The van der Waals surface area contributed by atoms with Gasteiger partial charge < -0.3 is 24.4 Å². The average molecular weight is 527 g/mol. The van der Waals surface area contributed by atoms with Gasteiger partial charge >= 0.3 is 0 Å². The van der Waals surface area contributed by atoms with Crippen LogP contribution in [0.5, 0.6) is 17.2 Å². The molecule has 0 aromatic heterocycles. The Labute approximate surface area is 225 Å². The van der Waals surface area contributed by atoms with Crippen molar-refractivity contribution in [1.29, 1.82) is 0 Å². The summed E-state index contributed by atoms with van der Waals surface area (Å²) in [6.45, 7) is 0.183. The van der Waals surface area contributed by atoms with E-state index >= 15 is 0 Å². The molecule has 0 bridgehead atoms. The van der Waals surface area contributed by atoms with Gasteiger partial charge in [0.15, 0.2) is 18.1 Å². The molecule has 4 aromatic rings. The largest absolute Gasteiger partial charge is 0.484 e. The number of amides is 2. The number of carbonyl (C=O) groups is 2. The van der Waals surface area contributed by atoms with E-state index in [9.17, 15) is 14.0 Å². The number of halogens is 1. The predicted octanol–water partition coefficient (Wildman–Crippen LogP) is 5.02. The summed E-state index contributed by atoms with van der Waals surface area (Å²) in [6.07, 6.45) is 0. The monoisotopic (exact) mass is 526 g/mol. The van der Waals surface area contributed by atoms with Gasteiger partial charge in [0.05, 0.1) is 0 Å². The third-order valence-corrected chi connectivity index (χ3v) is 6.27. The van der Waals surface area contributed by atoms with E-state index in [1.165, 1.54) is 17.0 Å². The Bertz CT molecular complexity index is 1410. The van der Waals surface area contributed by atoms with Crippen molar-refractivity contribution < 1.29 is 28.2 Å². The molecule has 1 aliphatic rings. The molecule has 1 N–H and O–H groups in total. The van der Waals surface area contributed by atoms with Gasteiger partial charge in [0, 0.05) is 13.1 Å². The zero-order valence-corrected chi connectivity index (χ0v) is 21.1. The Balaban J connectivity index is 1.41. The van der Waals surface area contributed by atoms with Gasteiger partial charge in [-0.1, -0.05) is 66.7 Å². The van der Waals surface area contributed by atoms with Crippen molar-refractivity contribution in [3.05, 3.63) is 126 Å². The van der Waals surface area contributed by atoms with Crippen molar-refractivity contribution in [3.8, 4) is 17.2 Å². The molecule has 7 nitrogen and oxygen atoms in total. The van der Waals surface area contributed by atoms with Crippen molar-refractivity contribution >= 4 is 11.8 Å². The normalized spacial score (nSPS) is 12.4. The number of nitrogens with one attached hydrogen (secondary N) is 1. The summed E-state index contributed by atoms with van der Waals surface area (Å²) >= 11 is 0. The second kappa shape index (κ2) is 12.1. The molecule has 0 spiro atoms. The van der Waals surface area contributed by atoms with Gasteiger partial charge in [0.2, 0.25) is 12.7 Å². The van der Waals surface area contributed by atoms with Crippen LogP contribution < -0.4 is 19.5 Å². The Morgan fingerprint density at radius 2 is 1.51 bits per heavy atom.